The van der Waals surface area contributed by atoms with Gasteiger partial charge in [0.1, 0.15) is 6.04 Å². The fourth-order valence-electron chi connectivity index (χ4n) is 1.07. The van der Waals surface area contributed by atoms with Gasteiger partial charge in [-0.15, -0.1) is 5.10 Å². The molecule has 14 heavy (non-hydrogen) atoms. The third-order valence-corrected chi connectivity index (χ3v) is 2.06. The van der Waals surface area contributed by atoms with Gasteiger partial charge in [0.25, 0.3) is 0 Å². The van der Waals surface area contributed by atoms with Crippen LogP contribution < -0.4 is 5.73 Å². The van der Waals surface area contributed by atoms with E-state index in [0.29, 0.717) is 11.4 Å². The molecule has 0 spiro atoms. The van der Waals surface area contributed by atoms with E-state index in [1.165, 1.54) is 6.92 Å². The second kappa shape index (κ2) is 3.56. The molecular formula is C7H11F3N4. The number of aromatic nitrogens is 3. The topological polar surface area (TPSA) is 56.7 Å². The molecule has 4 nitrogen and oxygen atoms in total. The van der Waals surface area contributed by atoms with Gasteiger partial charge in [-0.05, 0) is 13.8 Å². The lowest BCUT2D eigenvalue weighted by Crippen LogP contribution is -2.25. The second-order valence-electron chi connectivity index (χ2n) is 2.99. The van der Waals surface area contributed by atoms with Gasteiger partial charge in [-0.1, -0.05) is 5.21 Å². The van der Waals surface area contributed by atoms with Crippen LogP contribution in [0.3, 0.4) is 0 Å². The van der Waals surface area contributed by atoms with E-state index < -0.39 is 12.2 Å². The van der Waals surface area contributed by atoms with Crippen molar-refractivity contribution in [1.82, 2.24) is 15.0 Å². The van der Waals surface area contributed by atoms with Crippen LogP contribution in [0, 0.1) is 6.92 Å². The molecule has 0 saturated heterocycles. The molecule has 2 N–H and O–H groups in total. The Morgan fingerprint density at radius 1 is 1.50 bits per heavy atom. The minimum absolute atomic E-state index is 0.0937. The van der Waals surface area contributed by atoms with Crippen LogP contribution in [0.2, 0.25) is 0 Å². The highest BCUT2D eigenvalue weighted by molar-refractivity contribution is 5.08. The van der Waals surface area contributed by atoms with Gasteiger partial charge in [-0.25, -0.2) is 4.68 Å². The molecule has 0 bridgehead atoms. The van der Waals surface area contributed by atoms with Gasteiger partial charge in [0, 0.05) is 6.54 Å². The van der Waals surface area contributed by atoms with E-state index in [1.54, 1.807) is 0 Å². The van der Waals surface area contributed by atoms with Crippen molar-refractivity contribution in [2.75, 3.05) is 0 Å². The first-order chi connectivity index (χ1) is 6.38. The quantitative estimate of drug-likeness (QED) is 0.793. The van der Waals surface area contributed by atoms with Crippen molar-refractivity contribution in [3.63, 3.8) is 0 Å². The molecule has 1 atom stereocenters. The second-order valence-corrected chi connectivity index (χ2v) is 2.99. The summed E-state index contributed by atoms with van der Waals surface area (Å²) in [6.07, 6.45) is -4.32. The van der Waals surface area contributed by atoms with Crippen molar-refractivity contribution in [1.29, 1.82) is 0 Å². The van der Waals surface area contributed by atoms with Gasteiger partial charge in [0.15, 0.2) is 0 Å². The lowest BCUT2D eigenvalue weighted by Gasteiger charge is -2.16. The SMILES string of the molecule is Cc1c(CN)nnn1C(C)C(F)(F)F. The standard InChI is InChI=1S/C7H11F3N4/c1-4-6(3-11)12-13-14(4)5(2)7(8,9)10/h5H,3,11H2,1-2H3. The van der Waals surface area contributed by atoms with Crippen LogP contribution in [0.4, 0.5) is 13.2 Å². The lowest BCUT2D eigenvalue weighted by molar-refractivity contribution is -0.166. The Morgan fingerprint density at radius 3 is 2.43 bits per heavy atom. The molecule has 1 aromatic rings. The number of nitrogens with zero attached hydrogens (tertiary/aromatic N) is 3. The molecule has 1 aromatic heterocycles. The van der Waals surface area contributed by atoms with Crippen LogP contribution >= 0.6 is 0 Å². The Morgan fingerprint density at radius 2 is 2.07 bits per heavy atom. The van der Waals surface area contributed by atoms with Crippen molar-refractivity contribution in [3.8, 4) is 0 Å². The number of hydrogen-bond acceptors (Lipinski definition) is 3. The monoisotopic (exact) mass is 208 g/mol. The van der Waals surface area contributed by atoms with E-state index in [2.05, 4.69) is 10.3 Å². The highest BCUT2D eigenvalue weighted by Gasteiger charge is 2.39. The molecule has 0 radical (unpaired) electrons. The fourth-order valence-corrected chi connectivity index (χ4v) is 1.07. The average molecular weight is 208 g/mol. The van der Waals surface area contributed by atoms with E-state index in [4.69, 9.17) is 5.73 Å². The number of alkyl halides is 3. The average Bonchev–Trinajstić information content (AvgIpc) is 2.43. The summed E-state index contributed by atoms with van der Waals surface area (Å²) in [5.41, 5.74) is 6.02. The molecule has 1 rings (SSSR count). The maximum absolute atomic E-state index is 12.3. The summed E-state index contributed by atoms with van der Waals surface area (Å²) in [7, 11) is 0. The first kappa shape index (κ1) is 11.0. The van der Waals surface area contributed by atoms with Gasteiger partial charge in [-0.2, -0.15) is 13.2 Å². The molecule has 1 unspecified atom stereocenters. The van der Waals surface area contributed by atoms with Crippen LogP contribution in [-0.2, 0) is 6.54 Å². The molecule has 0 aliphatic heterocycles. The maximum Gasteiger partial charge on any atom is 0.410 e. The molecule has 7 heteroatoms. The summed E-state index contributed by atoms with van der Waals surface area (Å²) < 4.78 is 37.8. The van der Waals surface area contributed by atoms with E-state index >= 15 is 0 Å². The summed E-state index contributed by atoms with van der Waals surface area (Å²) in [5, 5.41) is 6.98. The zero-order valence-electron chi connectivity index (χ0n) is 7.84. The van der Waals surface area contributed by atoms with Crippen LogP contribution in [0.25, 0.3) is 0 Å². The molecule has 0 aromatic carbocycles. The molecule has 80 valence electrons. The van der Waals surface area contributed by atoms with Gasteiger partial charge >= 0.3 is 6.18 Å². The van der Waals surface area contributed by atoms with Crippen LogP contribution in [0.5, 0.6) is 0 Å². The normalized spacial score (nSPS) is 14.4. The number of rotatable bonds is 2. The number of halogens is 3. The summed E-state index contributed by atoms with van der Waals surface area (Å²) >= 11 is 0. The van der Waals surface area contributed by atoms with E-state index in [-0.39, 0.29) is 6.54 Å². The third-order valence-electron chi connectivity index (χ3n) is 2.06. The molecule has 0 amide bonds. The Kier molecular flexibility index (Phi) is 2.79. The first-order valence-electron chi connectivity index (χ1n) is 4.05. The highest BCUT2D eigenvalue weighted by Crippen LogP contribution is 2.30. The van der Waals surface area contributed by atoms with Crippen molar-refractivity contribution < 1.29 is 13.2 Å². The Balaban J connectivity index is 3.02. The minimum Gasteiger partial charge on any atom is -0.325 e. The van der Waals surface area contributed by atoms with E-state index in [1.807, 2.05) is 0 Å². The molecule has 0 saturated carbocycles. The third kappa shape index (κ3) is 1.87. The fraction of sp³-hybridized carbons (Fsp3) is 0.714. The zero-order chi connectivity index (χ0) is 10.9. The molecule has 1 heterocycles. The van der Waals surface area contributed by atoms with Crippen molar-refractivity contribution >= 4 is 0 Å². The molecule has 0 aliphatic carbocycles. The maximum atomic E-state index is 12.3. The van der Waals surface area contributed by atoms with Crippen molar-refractivity contribution in [2.45, 2.75) is 32.6 Å². The minimum atomic E-state index is -4.32. The molecule has 0 aliphatic rings. The number of nitrogens with two attached hydrogens (primary N) is 1. The Bertz CT molecular complexity index is 317. The van der Waals surface area contributed by atoms with Crippen molar-refractivity contribution in [3.05, 3.63) is 11.4 Å². The molecule has 0 fully saturated rings. The first-order valence-corrected chi connectivity index (χ1v) is 4.05. The van der Waals surface area contributed by atoms with Crippen LogP contribution in [0.1, 0.15) is 24.4 Å². The Hall–Kier alpha value is -1.11. The van der Waals surface area contributed by atoms with Gasteiger partial charge in [0.05, 0.1) is 11.4 Å². The zero-order valence-corrected chi connectivity index (χ0v) is 7.84. The highest BCUT2D eigenvalue weighted by atomic mass is 19.4. The van der Waals surface area contributed by atoms with Gasteiger partial charge in [-0.3, -0.25) is 0 Å². The largest absolute Gasteiger partial charge is 0.410 e. The van der Waals surface area contributed by atoms with Gasteiger partial charge < -0.3 is 5.73 Å². The lowest BCUT2D eigenvalue weighted by atomic mass is 10.3. The van der Waals surface area contributed by atoms with E-state index in [9.17, 15) is 13.2 Å². The smallest absolute Gasteiger partial charge is 0.325 e. The summed E-state index contributed by atoms with van der Waals surface area (Å²) in [6.45, 7) is 2.64. The Labute approximate surface area is 78.9 Å². The van der Waals surface area contributed by atoms with E-state index in [0.717, 1.165) is 11.6 Å². The predicted molar refractivity (Wildman–Crippen MR) is 43.4 cm³/mol. The molecular weight excluding hydrogens is 197 g/mol. The van der Waals surface area contributed by atoms with Crippen LogP contribution in [0.15, 0.2) is 0 Å². The predicted octanol–water partition coefficient (Wildman–Crippen LogP) is 1.17. The van der Waals surface area contributed by atoms with Crippen LogP contribution in [-0.4, -0.2) is 21.2 Å². The summed E-state index contributed by atoms with van der Waals surface area (Å²) in [4.78, 5) is 0. The summed E-state index contributed by atoms with van der Waals surface area (Å²) in [6, 6.07) is -1.67. The number of hydrogen-bond donors (Lipinski definition) is 1. The van der Waals surface area contributed by atoms with Crippen molar-refractivity contribution in [2.24, 2.45) is 5.73 Å². The van der Waals surface area contributed by atoms with Gasteiger partial charge in [0.2, 0.25) is 0 Å². The summed E-state index contributed by atoms with van der Waals surface area (Å²) in [5.74, 6) is 0.